The van der Waals surface area contributed by atoms with Crippen LogP contribution in [-0.2, 0) is 11.2 Å². The number of nitrogens with one attached hydrogen (secondary N) is 1. The van der Waals surface area contributed by atoms with E-state index in [1.54, 1.807) is 0 Å². The highest BCUT2D eigenvalue weighted by molar-refractivity contribution is 5.97. The summed E-state index contributed by atoms with van der Waals surface area (Å²) in [7, 11) is 0. The normalized spacial score (nSPS) is 21.0. The lowest BCUT2D eigenvalue weighted by molar-refractivity contribution is 0.0418. The van der Waals surface area contributed by atoms with Crippen molar-refractivity contribution in [2.75, 3.05) is 26.2 Å². The molecule has 2 fully saturated rings. The molecule has 0 aromatic heterocycles. The Labute approximate surface area is 209 Å². The van der Waals surface area contributed by atoms with Crippen molar-refractivity contribution in [2.24, 2.45) is 11.8 Å². The summed E-state index contributed by atoms with van der Waals surface area (Å²) in [6, 6.07) is 16.4. The van der Waals surface area contributed by atoms with Crippen LogP contribution in [0.3, 0.4) is 0 Å². The van der Waals surface area contributed by atoms with Crippen LogP contribution in [0.4, 0.5) is 4.79 Å². The molecule has 2 aliphatic heterocycles. The van der Waals surface area contributed by atoms with Gasteiger partial charge in [0.25, 0.3) is 5.91 Å². The van der Waals surface area contributed by atoms with Crippen LogP contribution >= 0.6 is 0 Å². The molecule has 2 heterocycles. The molecule has 1 N–H and O–H groups in total. The maximum absolute atomic E-state index is 13.3. The molecule has 0 aliphatic carbocycles. The van der Waals surface area contributed by atoms with Gasteiger partial charge in [-0.25, -0.2) is 4.79 Å². The third-order valence-electron chi connectivity index (χ3n) is 7.17. The highest BCUT2D eigenvalue weighted by atomic mass is 16.6. The van der Waals surface area contributed by atoms with Crippen molar-refractivity contribution in [2.45, 2.75) is 59.2 Å². The van der Waals surface area contributed by atoms with Gasteiger partial charge in [-0.2, -0.15) is 0 Å². The minimum absolute atomic E-state index is 0.0987. The topological polar surface area (TPSA) is 61.9 Å². The number of ether oxygens (including phenoxy) is 1. The number of likely N-dealkylation sites (tertiary alicyclic amines) is 2. The summed E-state index contributed by atoms with van der Waals surface area (Å²) in [4.78, 5) is 30.4. The van der Waals surface area contributed by atoms with E-state index >= 15 is 0 Å². The lowest BCUT2D eigenvalue weighted by Gasteiger charge is -2.31. The molecule has 2 unspecified atom stereocenters. The van der Waals surface area contributed by atoms with Gasteiger partial charge in [-0.05, 0) is 76.0 Å². The number of aryl methyl sites for hydroxylation is 3. The van der Waals surface area contributed by atoms with Gasteiger partial charge in [0.05, 0.1) is 6.17 Å². The molecule has 3 atom stereocenters. The Hall–Kier alpha value is -2.86. The van der Waals surface area contributed by atoms with E-state index in [1.807, 2.05) is 75.9 Å². The van der Waals surface area contributed by atoms with Crippen LogP contribution < -0.4 is 5.32 Å². The number of carbonyl (C=O) groups excluding carboxylic acids is 2. The number of fused-ring (bicyclic) bond motifs is 1. The predicted molar refractivity (Wildman–Crippen MR) is 138 cm³/mol. The van der Waals surface area contributed by atoms with E-state index in [2.05, 4.69) is 22.3 Å². The first-order valence-corrected chi connectivity index (χ1v) is 12.7. The predicted octanol–water partition coefficient (Wildman–Crippen LogP) is 4.79. The lowest BCUT2D eigenvalue weighted by Crippen LogP contribution is -2.50. The number of carbonyl (C=O) groups is 2. The zero-order chi connectivity index (χ0) is 25.2. The van der Waals surface area contributed by atoms with Gasteiger partial charge < -0.3 is 15.0 Å². The molecule has 35 heavy (non-hydrogen) atoms. The zero-order valence-electron chi connectivity index (χ0n) is 21.7. The molecular formula is C29H39N3O3. The number of amides is 2. The summed E-state index contributed by atoms with van der Waals surface area (Å²) in [6.45, 7) is 13.0. The average Bonchev–Trinajstić information content (AvgIpc) is 3.35. The second-order valence-corrected chi connectivity index (χ2v) is 11.1. The molecule has 2 aliphatic rings. The number of hydrogen-bond acceptors (Lipinski definition) is 4. The van der Waals surface area contributed by atoms with Gasteiger partial charge in [-0.3, -0.25) is 9.69 Å². The van der Waals surface area contributed by atoms with Crippen LogP contribution in [0.1, 0.15) is 54.2 Å². The molecule has 6 heteroatoms. The standard InChI is InChI=1S/C29H39N3O3/c1-20-10-9-11-21(2)26(20)27(33)32-18-23-16-31(17-24(23)19-32)25(30-28(34)35-29(3,4)5)15-14-22-12-7-6-8-13-22/h6-13,23-25H,14-19H2,1-5H3,(H,30,34)/t23?,24?,25-/m0/s1. The molecule has 6 nitrogen and oxygen atoms in total. The summed E-state index contributed by atoms with van der Waals surface area (Å²) < 4.78 is 5.56. The number of nitrogens with zero attached hydrogens (tertiary/aromatic N) is 2. The summed E-state index contributed by atoms with van der Waals surface area (Å²) >= 11 is 0. The molecule has 0 spiro atoms. The van der Waals surface area contributed by atoms with Gasteiger partial charge in [-0.15, -0.1) is 0 Å². The van der Waals surface area contributed by atoms with Gasteiger partial charge in [0.2, 0.25) is 0 Å². The Morgan fingerprint density at radius 3 is 2.11 bits per heavy atom. The van der Waals surface area contributed by atoms with E-state index in [0.717, 1.165) is 55.7 Å². The van der Waals surface area contributed by atoms with Crippen LogP contribution in [0.5, 0.6) is 0 Å². The first kappa shape index (κ1) is 25.2. The quantitative estimate of drug-likeness (QED) is 0.650. The molecule has 2 amide bonds. The fourth-order valence-corrected chi connectivity index (χ4v) is 5.50. The highest BCUT2D eigenvalue weighted by Gasteiger charge is 2.44. The van der Waals surface area contributed by atoms with Crippen molar-refractivity contribution in [3.63, 3.8) is 0 Å². The number of hydrogen-bond donors (Lipinski definition) is 1. The summed E-state index contributed by atoms with van der Waals surface area (Å²) in [5, 5.41) is 3.13. The molecular weight excluding hydrogens is 438 g/mol. The minimum atomic E-state index is -0.538. The molecule has 0 saturated carbocycles. The Kier molecular flexibility index (Phi) is 7.50. The maximum atomic E-state index is 13.3. The summed E-state index contributed by atoms with van der Waals surface area (Å²) in [5.74, 6) is 0.986. The number of rotatable bonds is 6. The fourth-order valence-electron chi connectivity index (χ4n) is 5.50. The zero-order valence-corrected chi connectivity index (χ0v) is 21.7. The first-order chi connectivity index (χ1) is 16.6. The smallest absolute Gasteiger partial charge is 0.408 e. The molecule has 0 radical (unpaired) electrons. The van der Waals surface area contributed by atoms with E-state index in [1.165, 1.54) is 5.56 Å². The molecule has 2 aromatic rings. The van der Waals surface area contributed by atoms with E-state index in [-0.39, 0.29) is 18.2 Å². The van der Waals surface area contributed by atoms with Crippen LogP contribution in [0.15, 0.2) is 48.5 Å². The number of benzene rings is 2. The summed E-state index contributed by atoms with van der Waals surface area (Å²) in [5.41, 5.74) is 3.64. The maximum Gasteiger partial charge on any atom is 0.408 e. The Bertz CT molecular complexity index is 1010. The first-order valence-electron chi connectivity index (χ1n) is 12.7. The van der Waals surface area contributed by atoms with E-state index < -0.39 is 5.60 Å². The monoisotopic (exact) mass is 477 g/mol. The van der Waals surface area contributed by atoms with Crippen molar-refractivity contribution in [1.29, 1.82) is 0 Å². The third kappa shape index (κ3) is 6.23. The van der Waals surface area contributed by atoms with Crippen molar-refractivity contribution in [3.05, 3.63) is 70.8 Å². The minimum Gasteiger partial charge on any atom is -0.444 e. The molecule has 188 valence electrons. The molecule has 4 rings (SSSR count). The second kappa shape index (κ2) is 10.4. The molecule has 2 saturated heterocycles. The van der Waals surface area contributed by atoms with Gasteiger partial charge in [-0.1, -0.05) is 48.5 Å². The van der Waals surface area contributed by atoms with Crippen LogP contribution in [0.2, 0.25) is 0 Å². The Balaban J connectivity index is 1.41. The molecule has 0 bridgehead atoms. The van der Waals surface area contributed by atoms with E-state index in [4.69, 9.17) is 4.74 Å². The van der Waals surface area contributed by atoms with Crippen molar-refractivity contribution >= 4 is 12.0 Å². The Morgan fingerprint density at radius 1 is 0.943 bits per heavy atom. The van der Waals surface area contributed by atoms with E-state index in [9.17, 15) is 9.59 Å². The van der Waals surface area contributed by atoms with Crippen molar-refractivity contribution in [1.82, 2.24) is 15.1 Å². The second-order valence-electron chi connectivity index (χ2n) is 11.1. The summed E-state index contributed by atoms with van der Waals surface area (Å²) in [6.07, 6.45) is 1.22. The average molecular weight is 478 g/mol. The lowest BCUT2D eigenvalue weighted by atomic mass is 10.0. The number of alkyl carbamates (subject to hydrolysis) is 1. The van der Waals surface area contributed by atoms with Crippen molar-refractivity contribution in [3.8, 4) is 0 Å². The molecule has 2 aromatic carbocycles. The Morgan fingerprint density at radius 2 is 1.54 bits per heavy atom. The fraction of sp³-hybridized carbons (Fsp3) is 0.517. The van der Waals surface area contributed by atoms with Gasteiger partial charge in [0.1, 0.15) is 5.60 Å². The van der Waals surface area contributed by atoms with Crippen LogP contribution in [0.25, 0.3) is 0 Å². The van der Waals surface area contributed by atoms with Gasteiger partial charge >= 0.3 is 6.09 Å². The van der Waals surface area contributed by atoms with Gasteiger partial charge in [0.15, 0.2) is 0 Å². The third-order valence-corrected chi connectivity index (χ3v) is 7.17. The highest BCUT2D eigenvalue weighted by Crippen LogP contribution is 2.34. The largest absolute Gasteiger partial charge is 0.444 e. The van der Waals surface area contributed by atoms with E-state index in [0.29, 0.717) is 11.8 Å². The van der Waals surface area contributed by atoms with Crippen LogP contribution in [0, 0.1) is 25.7 Å². The SMILES string of the molecule is Cc1cccc(C)c1C(=O)N1CC2CN([C@@H](CCc3ccccc3)NC(=O)OC(C)(C)C)CC2C1. The van der Waals surface area contributed by atoms with Crippen molar-refractivity contribution < 1.29 is 14.3 Å². The van der Waals surface area contributed by atoms with Crippen LogP contribution in [-0.4, -0.2) is 59.7 Å². The van der Waals surface area contributed by atoms with Gasteiger partial charge in [0, 0.05) is 31.7 Å².